The maximum Gasteiger partial charge on any atom is 0.276 e. The molecule has 0 radical (unpaired) electrons. The molecule has 3 heterocycles. The van der Waals surface area contributed by atoms with Crippen molar-refractivity contribution in [3.63, 3.8) is 0 Å². The fourth-order valence-corrected chi connectivity index (χ4v) is 4.45. The van der Waals surface area contributed by atoms with Gasteiger partial charge >= 0.3 is 0 Å². The number of pyridine rings is 1. The van der Waals surface area contributed by atoms with Crippen LogP contribution in [0.4, 0.5) is 0 Å². The standard InChI is InChI=1S/C22H28N4O2/c1-15-7-3-8-17(16(15)2)24-20(27)11-6-14-26-21-18(9-4-12-23-21)25-13-5-10-19(25)22(26)28/h4-5,9-10,12-13,15-17H,3,6-8,11,14H2,1-2H3,(H,24,27)/t15-,16-,17+/m1/s1. The zero-order valence-electron chi connectivity index (χ0n) is 16.6. The minimum Gasteiger partial charge on any atom is -0.353 e. The molecule has 1 amide bonds. The van der Waals surface area contributed by atoms with E-state index in [9.17, 15) is 9.59 Å². The number of amides is 1. The van der Waals surface area contributed by atoms with Gasteiger partial charge in [0, 0.05) is 31.4 Å². The fraction of sp³-hybridized carbons (Fsp3) is 0.500. The van der Waals surface area contributed by atoms with Crippen LogP contribution in [0.2, 0.25) is 0 Å². The van der Waals surface area contributed by atoms with Crippen LogP contribution >= 0.6 is 0 Å². The van der Waals surface area contributed by atoms with Crippen molar-refractivity contribution in [3.8, 4) is 0 Å². The van der Waals surface area contributed by atoms with Crippen molar-refractivity contribution < 1.29 is 4.79 Å². The molecular weight excluding hydrogens is 352 g/mol. The first-order valence-electron chi connectivity index (χ1n) is 10.3. The van der Waals surface area contributed by atoms with E-state index in [2.05, 4.69) is 24.1 Å². The quantitative estimate of drug-likeness (QED) is 0.738. The zero-order chi connectivity index (χ0) is 19.7. The van der Waals surface area contributed by atoms with Gasteiger partial charge in [-0.3, -0.25) is 14.2 Å². The summed E-state index contributed by atoms with van der Waals surface area (Å²) in [6.07, 6.45) is 8.11. The molecule has 1 aliphatic carbocycles. The Hall–Kier alpha value is -2.63. The molecule has 0 bridgehead atoms. The molecule has 6 nitrogen and oxygen atoms in total. The summed E-state index contributed by atoms with van der Waals surface area (Å²) < 4.78 is 3.57. The lowest BCUT2D eigenvalue weighted by molar-refractivity contribution is -0.122. The summed E-state index contributed by atoms with van der Waals surface area (Å²) in [7, 11) is 0. The van der Waals surface area contributed by atoms with Crippen molar-refractivity contribution in [1.82, 2.24) is 19.3 Å². The second-order valence-electron chi connectivity index (χ2n) is 8.11. The molecule has 0 aromatic carbocycles. The van der Waals surface area contributed by atoms with Crippen LogP contribution in [0.3, 0.4) is 0 Å². The van der Waals surface area contributed by atoms with E-state index >= 15 is 0 Å². The highest BCUT2D eigenvalue weighted by Crippen LogP contribution is 2.29. The van der Waals surface area contributed by atoms with Crippen LogP contribution < -0.4 is 10.9 Å². The van der Waals surface area contributed by atoms with Crippen molar-refractivity contribution in [2.45, 2.75) is 58.5 Å². The molecule has 1 fully saturated rings. The summed E-state index contributed by atoms with van der Waals surface area (Å²) in [6, 6.07) is 7.80. The van der Waals surface area contributed by atoms with Gasteiger partial charge in [-0.1, -0.05) is 26.7 Å². The molecule has 0 unspecified atom stereocenters. The summed E-state index contributed by atoms with van der Waals surface area (Å²) in [4.78, 5) is 29.8. The average Bonchev–Trinajstić information content (AvgIpc) is 3.18. The monoisotopic (exact) mass is 380 g/mol. The second-order valence-corrected chi connectivity index (χ2v) is 8.11. The molecule has 0 spiro atoms. The molecule has 3 aromatic heterocycles. The van der Waals surface area contributed by atoms with Crippen molar-refractivity contribution in [1.29, 1.82) is 0 Å². The van der Waals surface area contributed by atoms with Crippen molar-refractivity contribution in [2.75, 3.05) is 0 Å². The molecule has 3 atom stereocenters. The zero-order valence-corrected chi connectivity index (χ0v) is 16.6. The van der Waals surface area contributed by atoms with Gasteiger partial charge in [0.1, 0.15) is 5.52 Å². The predicted octanol–water partition coefficient (Wildman–Crippen LogP) is 3.37. The lowest BCUT2D eigenvalue weighted by atomic mass is 9.78. The van der Waals surface area contributed by atoms with Gasteiger partial charge in [0.05, 0.1) is 5.52 Å². The van der Waals surface area contributed by atoms with Gasteiger partial charge in [0.15, 0.2) is 5.65 Å². The minimum atomic E-state index is -0.0636. The number of carbonyl (C=O) groups is 1. The summed E-state index contributed by atoms with van der Waals surface area (Å²) in [5, 5.41) is 3.22. The third kappa shape index (κ3) is 3.43. The van der Waals surface area contributed by atoms with Gasteiger partial charge in [0.2, 0.25) is 5.91 Å². The smallest absolute Gasteiger partial charge is 0.276 e. The van der Waals surface area contributed by atoms with Crippen LogP contribution in [0.5, 0.6) is 0 Å². The van der Waals surface area contributed by atoms with Gasteiger partial charge in [0.25, 0.3) is 5.56 Å². The molecule has 0 aliphatic heterocycles. The van der Waals surface area contributed by atoms with E-state index in [1.54, 1.807) is 10.8 Å². The topological polar surface area (TPSA) is 68.4 Å². The maximum absolute atomic E-state index is 12.9. The summed E-state index contributed by atoms with van der Waals surface area (Å²) in [5.74, 6) is 1.26. The number of aromatic nitrogens is 3. The molecule has 28 heavy (non-hydrogen) atoms. The average molecular weight is 380 g/mol. The van der Waals surface area contributed by atoms with E-state index in [-0.39, 0.29) is 17.5 Å². The van der Waals surface area contributed by atoms with Crippen molar-refractivity contribution in [2.24, 2.45) is 11.8 Å². The minimum absolute atomic E-state index is 0.0636. The number of nitrogens with zero attached hydrogens (tertiary/aromatic N) is 3. The van der Waals surface area contributed by atoms with E-state index in [4.69, 9.17) is 0 Å². The normalized spacial score (nSPS) is 22.6. The predicted molar refractivity (Wildman–Crippen MR) is 110 cm³/mol. The largest absolute Gasteiger partial charge is 0.353 e. The Bertz CT molecular complexity index is 1050. The van der Waals surface area contributed by atoms with Crippen LogP contribution in [0, 0.1) is 11.8 Å². The van der Waals surface area contributed by atoms with Crippen LogP contribution in [0.25, 0.3) is 16.7 Å². The number of aryl methyl sites for hydroxylation is 1. The Morgan fingerprint density at radius 2 is 2.04 bits per heavy atom. The molecular formula is C22H28N4O2. The van der Waals surface area contributed by atoms with Crippen LogP contribution in [0.1, 0.15) is 46.0 Å². The number of fused-ring (bicyclic) bond motifs is 3. The Morgan fingerprint density at radius 1 is 1.21 bits per heavy atom. The molecule has 0 saturated heterocycles. The number of carbonyl (C=O) groups excluding carboxylic acids is 1. The Morgan fingerprint density at radius 3 is 2.89 bits per heavy atom. The SMILES string of the molecule is C[C@@H]1[C@H](C)CCC[C@@H]1NC(=O)CCCn1c(=O)c2cccn2c2cccnc21. The van der Waals surface area contributed by atoms with Gasteiger partial charge in [-0.15, -0.1) is 0 Å². The molecule has 4 rings (SSSR count). The van der Waals surface area contributed by atoms with Crippen molar-refractivity contribution >= 4 is 22.6 Å². The number of nitrogens with one attached hydrogen (secondary N) is 1. The summed E-state index contributed by atoms with van der Waals surface area (Å²) in [6.45, 7) is 4.99. The number of hydrogen-bond donors (Lipinski definition) is 1. The first-order valence-corrected chi connectivity index (χ1v) is 10.3. The van der Waals surface area contributed by atoms with E-state index in [1.165, 1.54) is 12.8 Å². The highest BCUT2D eigenvalue weighted by Gasteiger charge is 2.27. The van der Waals surface area contributed by atoms with E-state index in [0.29, 0.717) is 42.4 Å². The number of hydrogen-bond acceptors (Lipinski definition) is 3. The lowest BCUT2D eigenvalue weighted by Gasteiger charge is -2.34. The van der Waals surface area contributed by atoms with Gasteiger partial charge in [-0.2, -0.15) is 0 Å². The van der Waals surface area contributed by atoms with Gasteiger partial charge in [-0.05, 0) is 48.9 Å². The Kier molecular flexibility index (Phi) is 5.20. The highest BCUT2D eigenvalue weighted by molar-refractivity contribution is 5.76. The molecule has 3 aromatic rings. The molecule has 6 heteroatoms. The molecule has 148 valence electrons. The highest BCUT2D eigenvalue weighted by atomic mass is 16.1. The third-order valence-corrected chi connectivity index (χ3v) is 6.33. The first-order chi connectivity index (χ1) is 13.6. The molecule has 1 N–H and O–H groups in total. The van der Waals surface area contributed by atoms with E-state index in [0.717, 1.165) is 11.9 Å². The van der Waals surface area contributed by atoms with Crippen LogP contribution in [-0.4, -0.2) is 25.9 Å². The van der Waals surface area contributed by atoms with Crippen LogP contribution in [-0.2, 0) is 11.3 Å². The second kappa shape index (κ2) is 7.78. The van der Waals surface area contributed by atoms with Gasteiger partial charge in [-0.25, -0.2) is 4.98 Å². The maximum atomic E-state index is 12.9. The lowest BCUT2D eigenvalue weighted by Crippen LogP contribution is -2.43. The summed E-state index contributed by atoms with van der Waals surface area (Å²) >= 11 is 0. The first kappa shape index (κ1) is 18.7. The fourth-order valence-electron chi connectivity index (χ4n) is 4.45. The Balaban J connectivity index is 1.46. The molecule has 1 aliphatic rings. The van der Waals surface area contributed by atoms with E-state index < -0.39 is 0 Å². The van der Waals surface area contributed by atoms with Gasteiger partial charge < -0.3 is 9.72 Å². The van der Waals surface area contributed by atoms with Crippen LogP contribution in [0.15, 0.2) is 41.5 Å². The number of rotatable bonds is 5. The Labute approximate surface area is 164 Å². The molecule has 1 saturated carbocycles. The summed E-state index contributed by atoms with van der Waals surface area (Å²) in [5.41, 5.74) is 2.13. The van der Waals surface area contributed by atoms with Crippen molar-refractivity contribution in [3.05, 3.63) is 47.0 Å². The van der Waals surface area contributed by atoms with E-state index in [1.807, 2.05) is 34.9 Å². The third-order valence-electron chi connectivity index (χ3n) is 6.33.